The van der Waals surface area contributed by atoms with Crippen molar-refractivity contribution in [3.05, 3.63) is 0 Å². The lowest BCUT2D eigenvalue weighted by Crippen LogP contribution is -2.38. The van der Waals surface area contributed by atoms with Crippen molar-refractivity contribution >= 4 is 12.4 Å². The zero-order valence-electron chi connectivity index (χ0n) is 10.3. The van der Waals surface area contributed by atoms with Crippen LogP contribution in [-0.4, -0.2) is 36.5 Å². The fraction of sp³-hybridized carbons (Fsp3) is 0.846. The van der Waals surface area contributed by atoms with E-state index in [1.54, 1.807) is 0 Å². The second kappa shape index (κ2) is 6.03. The van der Waals surface area contributed by atoms with Crippen molar-refractivity contribution in [2.75, 3.05) is 13.1 Å². The second-order valence-electron chi connectivity index (χ2n) is 5.10. The van der Waals surface area contributed by atoms with Crippen LogP contribution in [0.3, 0.4) is 0 Å². The Hall–Kier alpha value is -1.06. The Morgan fingerprint density at radius 2 is 1.71 bits per heavy atom. The van der Waals surface area contributed by atoms with Crippen molar-refractivity contribution in [3.8, 4) is 0 Å². The Balaban J connectivity index is 1.73. The third-order valence-electron chi connectivity index (χ3n) is 3.79. The van der Waals surface area contributed by atoms with Gasteiger partial charge in [0.05, 0.1) is 0 Å². The highest BCUT2D eigenvalue weighted by molar-refractivity contribution is 5.68. The molecule has 1 saturated heterocycles. The summed E-state index contributed by atoms with van der Waals surface area (Å²) in [5.74, 6) is 0.180. The third kappa shape index (κ3) is 3.45. The minimum absolute atomic E-state index is 0.0284. The lowest BCUT2D eigenvalue weighted by Gasteiger charge is -2.30. The monoisotopic (exact) mass is 239 g/mol. The number of carbonyl (C=O) groups is 2. The van der Waals surface area contributed by atoms with Crippen LogP contribution in [0.25, 0.3) is 0 Å². The maximum Gasteiger partial charge on any atom is 0.410 e. The van der Waals surface area contributed by atoms with Crippen molar-refractivity contribution in [2.45, 2.75) is 51.0 Å². The molecule has 0 radical (unpaired) electrons. The molecule has 1 heterocycles. The van der Waals surface area contributed by atoms with Crippen molar-refractivity contribution in [1.82, 2.24) is 4.90 Å². The van der Waals surface area contributed by atoms with Gasteiger partial charge in [0.2, 0.25) is 0 Å². The highest BCUT2D eigenvalue weighted by Gasteiger charge is 2.26. The predicted molar refractivity (Wildman–Crippen MR) is 63.7 cm³/mol. The predicted octanol–water partition coefficient (Wildman–Crippen LogP) is 2.37. The van der Waals surface area contributed by atoms with E-state index in [4.69, 9.17) is 4.74 Å². The van der Waals surface area contributed by atoms with Gasteiger partial charge in [-0.25, -0.2) is 4.79 Å². The fourth-order valence-electron chi connectivity index (χ4n) is 2.64. The molecule has 2 rings (SSSR count). The standard InChI is InChI=1S/C13H21NO3/c15-10-11-4-6-12(7-5-11)17-13(16)14-8-2-1-3-9-14/h10-12H,1-9H2. The van der Waals surface area contributed by atoms with Crippen molar-refractivity contribution in [1.29, 1.82) is 0 Å². The van der Waals surface area contributed by atoms with Gasteiger partial charge in [0.1, 0.15) is 12.4 Å². The van der Waals surface area contributed by atoms with Gasteiger partial charge in [0.15, 0.2) is 0 Å². The van der Waals surface area contributed by atoms with Gasteiger partial charge in [0.25, 0.3) is 0 Å². The van der Waals surface area contributed by atoms with E-state index in [-0.39, 0.29) is 18.1 Å². The van der Waals surface area contributed by atoms with Gasteiger partial charge in [-0.15, -0.1) is 0 Å². The largest absolute Gasteiger partial charge is 0.446 e. The first-order chi connectivity index (χ1) is 8.29. The molecule has 0 aromatic carbocycles. The molecule has 0 aromatic rings. The highest BCUT2D eigenvalue weighted by atomic mass is 16.6. The smallest absolute Gasteiger partial charge is 0.410 e. The third-order valence-corrected chi connectivity index (χ3v) is 3.79. The number of aldehydes is 1. The summed E-state index contributed by atoms with van der Waals surface area (Å²) in [6.45, 7) is 1.67. The summed E-state index contributed by atoms with van der Waals surface area (Å²) in [5, 5.41) is 0. The van der Waals surface area contributed by atoms with E-state index < -0.39 is 0 Å². The molecule has 0 N–H and O–H groups in total. The number of piperidine rings is 1. The van der Waals surface area contributed by atoms with Crippen molar-refractivity contribution in [3.63, 3.8) is 0 Å². The molecule has 1 aliphatic carbocycles. The number of amides is 1. The molecular weight excluding hydrogens is 218 g/mol. The fourth-order valence-corrected chi connectivity index (χ4v) is 2.64. The molecule has 1 aliphatic heterocycles. The van der Waals surface area contributed by atoms with Crippen LogP contribution in [0.1, 0.15) is 44.9 Å². The first-order valence-corrected chi connectivity index (χ1v) is 6.70. The first kappa shape index (κ1) is 12.4. The molecular formula is C13H21NO3. The minimum atomic E-state index is -0.153. The molecule has 0 aromatic heterocycles. The Morgan fingerprint density at radius 1 is 1.06 bits per heavy atom. The topological polar surface area (TPSA) is 46.6 Å². The summed E-state index contributed by atoms with van der Waals surface area (Å²) in [6, 6.07) is 0. The number of hydrogen-bond donors (Lipinski definition) is 0. The number of hydrogen-bond acceptors (Lipinski definition) is 3. The summed E-state index contributed by atoms with van der Waals surface area (Å²) < 4.78 is 5.49. The van der Waals surface area contributed by atoms with Gasteiger partial charge >= 0.3 is 6.09 Å². The molecule has 1 amide bonds. The first-order valence-electron chi connectivity index (χ1n) is 6.70. The summed E-state index contributed by atoms with van der Waals surface area (Å²) in [4.78, 5) is 24.3. The summed E-state index contributed by atoms with van der Waals surface area (Å²) >= 11 is 0. The quantitative estimate of drug-likeness (QED) is 0.695. The molecule has 2 aliphatic rings. The molecule has 4 nitrogen and oxygen atoms in total. The highest BCUT2D eigenvalue weighted by Crippen LogP contribution is 2.25. The molecule has 17 heavy (non-hydrogen) atoms. The van der Waals surface area contributed by atoms with Crippen LogP contribution >= 0.6 is 0 Å². The van der Waals surface area contributed by atoms with E-state index in [9.17, 15) is 9.59 Å². The van der Waals surface area contributed by atoms with Gasteiger partial charge in [-0.1, -0.05) is 0 Å². The van der Waals surface area contributed by atoms with Gasteiger partial charge < -0.3 is 14.4 Å². The van der Waals surface area contributed by atoms with Crippen LogP contribution in [-0.2, 0) is 9.53 Å². The Bertz CT molecular complexity index is 266. The second-order valence-corrected chi connectivity index (χ2v) is 5.10. The lowest BCUT2D eigenvalue weighted by molar-refractivity contribution is -0.112. The van der Waals surface area contributed by atoms with Crippen LogP contribution in [0.5, 0.6) is 0 Å². The SMILES string of the molecule is O=CC1CCC(OC(=O)N2CCCCC2)CC1. The zero-order chi connectivity index (χ0) is 12.1. The van der Waals surface area contributed by atoms with Gasteiger partial charge in [-0.3, -0.25) is 0 Å². The van der Waals surface area contributed by atoms with Crippen LogP contribution in [0, 0.1) is 5.92 Å². The van der Waals surface area contributed by atoms with Crippen LogP contribution < -0.4 is 0 Å². The van der Waals surface area contributed by atoms with E-state index in [0.717, 1.165) is 57.9 Å². The van der Waals surface area contributed by atoms with E-state index in [1.807, 2.05) is 4.90 Å². The molecule has 0 bridgehead atoms. The van der Waals surface area contributed by atoms with Crippen LogP contribution in [0.15, 0.2) is 0 Å². The number of ether oxygens (including phenoxy) is 1. The normalized spacial score (nSPS) is 29.8. The van der Waals surface area contributed by atoms with Gasteiger partial charge in [0, 0.05) is 19.0 Å². The lowest BCUT2D eigenvalue weighted by atomic mass is 9.88. The van der Waals surface area contributed by atoms with E-state index in [2.05, 4.69) is 0 Å². The minimum Gasteiger partial charge on any atom is -0.446 e. The number of carbonyl (C=O) groups excluding carboxylic acids is 2. The molecule has 1 saturated carbocycles. The van der Waals surface area contributed by atoms with Crippen molar-refractivity contribution in [2.24, 2.45) is 5.92 Å². The zero-order valence-corrected chi connectivity index (χ0v) is 10.3. The molecule has 2 fully saturated rings. The molecule has 4 heteroatoms. The Morgan fingerprint density at radius 3 is 2.29 bits per heavy atom. The van der Waals surface area contributed by atoms with E-state index >= 15 is 0 Å². The Kier molecular flexibility index (Phi) is 4.40. The Labute approximate surface area is 102 Å². The van der Waals surface area contributed by atoms with Crippen LogP contribution in [0.4, 0.5) is 4.79 Å². The molecule has 96 valence electrons. The summed E-state index contributed by atoms with van der Waals surface area (Å²) in [5.41, 5.74) is 0. The van der Waals surface area contributed by atoms with Crippen molar-refractivity contribution < 1.29 is 14.3 Å². The maximum atomic E-state index is 11.9. The van der Waals surface area contributed by atoms with E-state index in [1.165, 1.54) is 6.42 Å². The molecule has 0 atom stereocenters. The average molecular weight is 239 g/mol. The van der Waals surface area contributed by atoms with Crippen LogP contribution in [0.2, 0.25) is 0 Å². The maximum absolute atomic E-state index is 11.9. The summed E-state index contributed by atoms with van der Waals surface area (Å²) in [6.07, 6.45) is 7.70. The van der Waals surface area contributed by atoms with E-state index in [0.29, 0.717) is 0 Å². The van der Waals surface area contributed by atoms with Gasteiger partial charge in [-0.05, 0) is 44.9 Å². The summed E-state index contributed by atoms with van der Waals surface area (Å²) in [7, 11) is 0. The number of likely N-dealkylation sites (tertiary alicyclic amines) is 1. The molecule has 0 spiro atoms. The van der Waals surface area contributed by atoms with Gasteiger partial charge in [-0.2, -0.15) is 0 Å². The molecule has 0 unspecified atom stereocenters. The average Bonchev–Trinajstić information content (AvgIpc) is 2.40. The number of rotatable bonds is 2. The number of nitrogens with zero attached hydrogens (tertiary/aromatic N) is 1.